The molecule has 1 aliphatic heterocycles. The summed E-state index contributed by atoms with van der Waals surface area (Å²) in [7, 11) is 0. The van der Waals surface area contributed by atoms with Gasteiger partial charge in [-0.1, -0.05) is 11.8 Å². The molecule has 6 nitrogen and oxygen atoms in total. The number of hydrogen-bond acceptors (Lipinski definition) is 6. The van der Waals surface area contributed by atoms with Crippen LogP contribution in [0.4, 0.5) is 5.69 Å². The number of rotatable bonds is 4. The van der Waals surface area contributed by atoms with Crippen LogP contribution in [0.15, 0.2) is 27.8 Å². The van der Waals surface area contributed by atoms with Crippen LogP contribution in [0.1, 0.15) is 6.42 Å². The second kappa shape index (κ2) is 5.18. The molecule has 1 aliphatic rings. The molecule has 3 rings (SSSR count). The maximum atomic E-state index is 10.7. The Bertz CT molecular complexity index is 607. The molecule has 0 bridgehead atoms. The second-order valence-electron chi connectivity index (χ2n) is 4.56. The molecule has 1 N–H and O–H groups in total. The van der Waals surface area contributed by atoms with E-state index < -0.39 is 4.92 Å². The van der Waals surface area contributed by atoms with Gasteiger partial charge in [-0.05, 0) is 31.5 Å². The lowest BCUT2D eigenvalue weighted by Gasteiger charge is -2.03. The molecule has 19 heavy (non-hydrogen) atoms. The van der Waals surface area contributed by atoms with Crippen LogP contribution in [-0.2, 0) is 0 Å². The third-order valence-electron chi connectivity index (χ3n) is 3.17. The lowest BCUT2D eigenvalue weighted by atomic mass is 10.2. The van der Waals surface area contributed by atoms with Gasteiger partial charge in [0.25, 0.3) is 10.9 Å². The molecule has 100 valence electrons. The summed E-state index contributed by atoms with van der Waals surface area (Å²) in [6.07, 6.45) is 1.18. The van der Waals surface area contributed by atoms with Gasteiger partial charge in [0.05, 0.1) is 4.92 Å². The van der Waals surface area contributed by atoms with Crippen molar-refractivity contribution >= 4 is 28.5 Å². The fourth-order valence-corrected chi connectivity index (χ4v) is 3.09. The highest BCUT2D eigenvalue weighted by Gasteiger charge is 2.17. The highest BCUT2D eigenvalue weighted by molar-refractivity contribution is 7.99. The number of benzene rings is 1. The van der Waals surface area contributed by atoms with E-state index in [9.17, 15) is 10.1 Å². The number of non-ortho nitro benzene ring substituents is 1. The summed E-state index contributed by atoms with van der Waals surface area (Å²) in [5.74, 6) is 1.61. The van der Waals surface area contributed by atoms with E-state index in [1.54, 1.807) is 17.8 Å². The van der Waals surface area contributed by atoms with Crippen molar-refractivity contribution in [1.82, 2.24) is 10.3 Å². The minimum atomic E-state index is -0.425. The minimum absolute atomic E-state index is 0.0392. The fourth-order valence-electron chi connectivity index (χ4n) is 2.12. The standard InChI is InChI=1S/C12H13N3O3S/c16-15(17)9-1-2-11-10(5-9)14-12(18-11)19-7-8-3-4-13-6-8/h1-2,5,8,13H,3-4,6-7H2. The SMILES string of the molecule is O=[N+]([O-])c1ccc2oc(SCC3CCNC3)nc2c1. The van der Waals surface area contributed by atoms with E-state index in [1.807, 2.05) is 0 Å². The molecule has 2 heterocycles. The molecule has 1 unspecified atom stereocenters. The van der Waals surface area contributed by atoms with Crippen molar-refractivity contribution < 1.29 is 9.34 Å². The average molecular weight is 279 g/mol. The van der Waals surface area contributed by atoms with Gasteiger partial charge in [-0.15, -0.1) is 0 Å². The Morgan fingerprint density at radius 2 is 2.47 bits per heavy atom. The minimum Gasteiger partial charge on any atom is -0.431 e. The molecular formula is C12H13N3O3S. The zero-order chi connectivity index (χ0) is 13.2. The van der Waals surface area contributed by atoms with Gasteiger partial charge in [-0.2, -0.15) is 0 Å². The number of nitro groups is 1. The van der Waals surface area contributed by atoms with Gasteiger partial charge in [-0.25, -0.2) is 4.98 Å². The summed E-state index contributed by atoms with van der Waals surface area (Å²) >= 11 is 1.57. The molecule has 1 aromatic carbocycles. The first-order chi connectivity index (χ1) is 9.22. The summed E-state index contributed by atoms with van der Waals surface area (Å²) in [6, 6.07) is 4.48. The number of nitro benzene ring substituents is 1. The highest BCUT2D eigenvalue weighted by atomic mass is 32.2. The predicted molar refractivity (Wildman–Crippen MR) is 72.4 cm³/mol. The molecule has 1 fully saturated rings. The largest absolute Gasteiger partial charge is 0.431 e. The Balaban J connectivity index is 1.75. The van der Waals surface area contributed by atoms with E-state index in [4.69, 9.17) is 4.42 Å². The van der Waals surface area contributed by atoms with Crippen LogP contribution in [0.3, 0.4) is 0 Å². The van der Waals surface area contributed by atoms with E-state index in [-0.39, 0.29) is 5.69 Å². The molecule has 0 saturated carbocycles. The summed E-state index contributed by atoms with van der Waals surface area (Å²) in [5, 5.41) is 14.6. The number of nitrogens with one attached hydrogen (secondary N) is 1. The summed E-state index contributed by atoms with van der Waals surface area (Å²) in [6.45, 7) is 2.11. The Morgan fingerprint density at radius 1 is 1.58 bits per heavy atom. The van der Waals surface area contributed by atoms with Crippen molar-refractivity contribution in [1.29, 1.82) is 0 Å². The predicted octanol–water partition coefficient (Wildman–Crippen LogP) is 2.44. The fraction of sp³-hybridized carbons (Fsp3) is 0.417. The molecule has 0 spiro atoms. The van der Waals surface area contributed by atoms with E-state index in [2.05, 4.69) is 10.3 Å². The number of fused-ring (bicyclic) bond motifs is 1. The Kier molecular flexibility index (Phi) is 3.39. The number of oxazole rings is 1. The third-order valence-corrected chi connectivity index (χ3v) is 4.23. The molecule has 2 aromatic rings. The van der Waals surface area contributed by atoms with E-state index in [1.165, 1.54) is 18.6 Å². The average Bonchev–Trinajstić information content (AvgIpc) is 3.04. The molecule has 7 heteroatoms. The molecule has 0 radical (unpaired) electrons. The number of hydrogen-bond donors (Lipinski definition) is 1. The Hall–Kier alpha value is -1.60. The Labute approximate surface area is 113 Å². The first-order valence-corrected chi connectivity index (χ1v) is 7.09. The van der Waals surface area contributed by atoms with E-state index >= 15 is 0 Å². The van der Waals surface area contributed by atoms with Crippen LogP contribution in [0.2, 0.25) is 0 Å². The van der Waals surface area contributed by atoms with Crippen LogP contribution < -0.4 is 5.32 Å². The molecule has 0 amide bonds. The lowest BCUT2D eigenvalue weighted by molar-refractivity contribution is -0.384. The Morgan fingerprint density at radius 3 is 3.21 bits per heavy atom. The summed E-state index contributed by atoms with van der Waals surface area (Å²) in [4.78, 5) is 14.5. The normalized spacial score (nSPS) is 19.1. The van der Waals surface area contributed by atoms with Gasteiger partial charge in [0, 0.05) is 17.9 Å². The van der Waals surface area contributed by atoms with Gasteiger partial charge in [0.2, 0.25) is 0 Å². The third kappa shape index (κ3) is 2.71. The molecule has 1 saturated heterocycles. The van der Waals surface area contributed by atoms with Crippen LogP contribution in [0.25, 0.3) is 11.1 Å². The van der Waals surface area contributed by atoms with Crippen molar-refractivity contribution in [3.05, 3.63) is 28.3 Å². The van der Waals surface area contributed by atoms with Crippen LogP contribution in [0, 0.1) is 16.0 Å². The number of thioether (sulfide) groups is 1. The quantitative estimate of drug-likeness (QED) is 0.526. The van der Waals surface area contributed by atoms with E-state index in [0.29, 0.717) is 22.2 Å². The van der Waals surface area contributed by atoms with Crippen molar-refractivity contribution in [2.24, 2.45) is 5.92 Å². The number of aromatic nitrogens is 1. The highest BCUT2D eigenvalue weighted by Crippen LogP contribution is 2.28. The van der Waals surface area contributed by atoms with Crippen molar-refractivity contribution in [3.8, 4) is 0 Å². The summed E-state index contributed by atoms with van der Waals surface area (Å²) < 4.78 is 5.57. The lowest BCUT2D eigenvalue weighted by Crippen LogP contribution is -2.10. The van der Waals surface area contributed by atoms with Gasteiger partial charge in [-0.3, -0.25) is 10.1 Å². The molecule has 1 aromatic heterocycles. The van der Waals surface area contributed by atoms with Crippen molar-refractivity contribution in [2.45, 2.75) is 11.6 Å². The maximum absolute atomic E-state index is 10.7. The van der Waals surface area contributed by atoms with E-state index in [0.717, 1.165) is 18.8 Å². The van der Waals surface area contributed by atoms with Gasteiger partial charge in [0.15, 0.2) is 5.58 Å². The zero-order valence-corrected chi connectivity index (χ0v) is 11.0. The topological polar surface area (TPSA) is 81.2 Å². The molecular weight excluding hydrogens is 266 g/mol. The molecule has 0 aliphatic carbocycles. The first kappa shape index (κ1) is 12.4. The van der Waals surface area contributed by atoms with Gasteiger partial charge < -0.3 is 9.73 Å². The van der Waals surface area contributed by atoms with Gasteiger partial charge in [0.1, 0.15) is 5.52 Å². The van der Waals surface area contributed by atoms with Crippen molar-refractivity contribution in [2.75, 3.05) is 18.8 Å². The smallest absolute Gasteiger partial charge is 0.271 e. The zero-order valence-electron chi connectivity index (χ0n) is 10.2. The van der Waals surface area contributed by atoms with Gasteiger partial charge >= 0.3 is 0 Å². The summed E-state index contributed by atoms with van der Waals surface area (Å²) in [5.41, 5.74) is 1.18. The van der Waals surface area contributed by atoms with Crippen LogP contribution in [0.5, 0.6) is 0 Å². The van der Waals surface area contributed by atoms with Crippen LogP contribution >= 0.6 is 11.8 Å². The van der Waals surface area contributed by atoms with Crippen molar-refractivity contribution in [3.63, 3.8) is 0 Å². The maximum Gasteiger partial charge on any atom is 0.271 e. The molecule has 1 atom stereocenters. The van der Waals surface area contributed by atoms with Crippen LogP contribution in [-0.4, -0.2) is 28.7 Å². The number of nitrogens with zero attached hydrogens (tertiary/aromatic N) is 2. The first-order valence-electron chi connectivity index (χ1n) is 6.11. The monoisotopic (exact) mass is 279 g/mol. The second-order valence-corrected chi connectivity index (χ2v) is 5.53.